The average Bonchev–Trinajstić information content (AvgIpc) is 2.12. The van der Waals surface area contributed by atoms with Gasteiger partial charge in [-0.3, -0.25) is 0 Å². The number of aliphatic hydroxyl groups excluding tert-OH is 1. The molecule has 0 spiro atoms. The van der Waals surface area contributed by atoms with E-state index in [9.17, 15) is 0 Å². The number of nitrogens with zero attached hydrogens (tertiary/aromatic N) is 2. The average molecular weight is 275 g/mol. The molecule has 6 heteroatoms. The van der Waals surface area contributed by atoms with E-state index in [1.165, 1.54) is 6.33 Å². The van der Waals surface area contributed by atoms with E-state index in [1.807, 2.05) is 13.8 Å². The lowest BCUT2D eigenvalue weighted by molar-refractivity contribution is 0.260. The SMILES string of the molecule is CC(C)(CCO)Nc1ncnc(N)c1Br. The van der Waals surface area contributed by atoms with Crippen LogP contribution in [0.15, 0.2) is 10.8 Å². The molecule has 1 heterocycles. The van der Waals surface area contributed by atoms with Crippen LogP contribution in [0.25, 0.3) is 0 Å². The normalized spacial score (nSPS) is 11.5. The summed E-state index contributed by atoms with van der Waals surface area (Å²) in [4.78, 5) is 7.92. The fourth-order valence-electron chi connectivity index (χ4n) is 1.13. The van der Waals surface area contributed by atoms with E-state index >= 15 is 0 Å². The van der Waals surface area contributed by atoms with E-state index in [2.05, 4.69) is 31.2 Å². The first-order chi connectivity index (χ1) is 6.96. The largest absolute Gasteiger partial charge is 0.396 e. The van der Waals surface area contributed by atoms with Crippen molar-refractivity contribution in [3.8, 4) is 0 Å². The summed E-state index contributed by atoms with van der Waals surface area (Å²) in [6, 6.07) is 0. The summed E-state index contributed by atoms with van der Waals surface area (Å²) in [5, 5.41) is 12.1. The highest BCUT2D eigenvalue weighted by Crippen LogP contribution is 2.27. The topological polar surface area (TPSA) is 84.1 Å². The maximum atomic E-state index is 8.89. The lowest BCUT2D eigenvalue weighted by Gasteiger charge is -2.26. The van der Waals surface area contributed by atoms with Crippen molar-refractivity contribution in [2.24, 2.45) is 0 Å². The van der Waals surface area contributed by atoms with Gasteiger partial charge in [-0.1, -0.05) is 0 Å². The number of aromatic nitrogens is 2. The molecule has 0 saturated carbocycles. The van der Waals surface area contributed by atoms with Crippen molar-refractivity contribution in [1.82, 2.24) is 9.97 Å². The molecule has 1 aromatic rings. The smallest absolute Gasteiger partial charge is 0.146 e. The summed E-state index contributed by atoms with van der Waals surface area (Å²) in [5.41, 5.74) is 5.39. The van der Waals surface area contributed by atoms with Gasteiger partial charge in [0.2, 0.25) is 0 Å². The van der Waals surface area contributed by atoms with Gasteiger partial charge in [-0.25, -0.2) is 9.97 Å². The van der Waals surface area contributed by atoms with Crippen LogP contribution < -0.4 is 11.1 Å². The molecule has 0 amide bonds. The minimum absolute atomic E-state index is 0.123. The molecule has 0 saturated heterocycles. The second kappa shape index (κ2) is 4.76. The third-order valence-electron chi connectivity index (χ3n) is 2.01. The highest BCUT2D eigenvalue weighted by molar-refractivity contribution is 9.10. The number of hydrogen-bond acceptors (Lipinski definition) is 5. The Balaban J connectivity index is 2.85. The van der Waals surface area contributed by atoms with Crippen LogP contribution >= 0.6 is 15.9 Å². The first-order valence-electron chi connectivity index (χ1n) is 4.61. The first-order valence-corrected chi connectivity index (χ1v) is 5.40. The molecule has 0 aliphatic heterocycles. The minimum atomic E-state index is -0.238. The fourth-order valence-corrected chi connectivity index (χ4v) is 1.44. The van der Waals surface area contributed by atoms with Gasteiger partial charge in [-0.2, -0.15) is 0 Å². The zero-order valence-corrected chi connectivity index (χ0v) is 10.4. The Morgan fingerprint density at radius 1 is 1.53 bits per heavy atom. The summed E-state index contributed by atoms with van der Waals surface area (Å²) in [5.74, 6) is 1.04. The van der Waals surface area contributed by atoms with Crippen LogP contribution in [0.4, 0.5) is 11.6 Å². The molecule has 1 aromatic heterocycles. The Bertz CT molecular complexity index is 343. The van der Waals surface area contributed by atoms with Crippen LogP contribution in [0.2, 0.25) is 0 Å². The van der Waals surface area contributed by atoms with Gasteiger partial charge in [-0.15, -0.1) is 0 Å². The van der Waals surface area contributed by atoms with Crippen molar-refractivity contribution in [1.29, 1.82) is 0 Å². The standard InChI is InChI=1S/C9H15BrN4O/c1-9(2,3-4-15)14-8-6(10)7(11)12-5-13-8/h5,15H,3-4H2,1-2H3,(H3,11,12,13,14). The van der Waals surface area contributed by atoms with Crippen molar-refractivity contribution < 1.29 is 5.11 Å². The van der Waals surface area contributed by atoms with Gasteiger partial charge >= 0.3 is 0 Å². The Hall–Kier alpha value is -0.880. The summed E-state index contributed by atoms with van der Waals surface area (Å²) >= 11 is 3.31. The van der Waals surface area contributed by atoms with E-state index in [0.29, 0.717) is 22.5 Å². The van der Waals surface area contributed by atoms with Crippen LogP contribution in [-0.2, 0) is 0 Å². The van der Waals surface area contributed by atoms with Crippen LogP contribution in [0, 0.1) is 0 Å². The Morgan fingerprint density at radius 2 is 2.20 bits per heavy atom. The van der Waals surface area contributed by atoms with E-state index in [4.69, 9.17) is 10.8 Å². The zero-order chi connectivity index (χ0) is 11.5. The van der Waals surface area contributed by atoms with Crippen molar-refractivity contribution in [3.63, 3.8) is 0 Å². The molecule has 4 N–H and O–H groups in total. The van der Waals surface area contributed by atoms with E-state index in [-0.39, 0.29) is 12.1 Å². The van der Waals surface area contributed by atoms with Gasteiger partial charge in [0, 0.05) is 12.1 Å². The number of hydrogen-bond donors (Lipinski definition) is 3. The number of rotatable bonds is 4. The van der Waals surface area contributed by atoms with E-state index in [0.717, 1.165) is 0 Å². The monoisotopic (exact) mass is 274 g/mol. The summed E-state index contributed by atoms with van der Waals surface area (Å²) < 4.78 is 0.649. The number of nitrogens with one attached hydrogen (secondary N) is 1. The Labute approximate surface area is 97.2 Å². The number of aliphatic hydroxyl groups is 1. The second-order valence-electron chi connectivity index (χ2n) is 3.90. The molecule has 15 heavy (non-hydrogen) atoms. The lowest BCUT2D eigenvalue weighted by Crippen LogP contribution is -2.32. The third-order valence-corrected chi connectivity index (χ3v) is 2.79. The van der Waals surface area contributed by atoms with Gasteiger partial charge < -0.3 is 16.2 Å². The molecule has 0 radical (unpaired) electrons. The van der Waals surface area contributed by atoms with Crippen molar-refractivity contribution in [2.45, 2.75) is 25.8 Å². The van der Waals surface area contributed by atoms with Crippen LogP contribution in [0.5, 0.6) is 0 Å². The first kappa shape index (κ1) is 12.2. The van der Waals surface area contributed by atoms with Crippen molar-refractivity contribution >= 4 is 27.6 Å². The predicted molar refractivity (Wildman–Crippen MR) is 63.5 cm³/mol. The highest BCUT2D eigenvalue weighted by Gasteiger charge is 2.19. The summed E-state index contributed by atoms with van der Waals surface area (Å²) in [6.07, 6.45) is 2.03. The number of nitrogens with two attached hydrogens (primary N) is 1. The molecular formula is C9H15BrN4O. The van der Waals surface area contributed by atoms with Gasteiger partial charge in [-0.05, 0) is 36.2 Å². The number of nitrogen functional groups attached to an aromatic ring is 1. The molecule has 0 aliphatic carbocycles. The number of anilines is 2. The van der Waals surface area contributed by atoms with Gasteiger partial charge in [0.15, 0.2) is 0 Å². The molecule has 0 aromatic carbocycles. The minimum Gasteiger partial charge on any atom is -0.396 e. The predicted octanol–water partition coefficient (Wildman–Crippen LogP) is 1.39. The molecule has 0 bridgehead atoms. The molecule has 0 aliphatic rings. The molecule has 0 unspecified atom stereocenters. The lowest BCUT2D eigenvalue weighted by atomic mass is 10.0. The third kappa shape index (κ3) is 3.32. The molecule has 0 fully saturated rings. The maximum Gasteiger partial charge on any atom is 0.146 e. The van der Waals surface area contributed by atoms with Crippen LogP contribution in [-0.4, -0.2) is 27.2 Å². The van der Waals surface area contributed by atoms with Gasteiger partial charge in [0.05, 0.1) is 0 Å². The van der Waals surface area contributed by atoms with E-state index < -0.39 is 0 Å². The van der Waals surface area contributed by atoms with E-state index in [1.54, 1.807) is 0 Å². The summed E-state index contributed by atoms with van der Waals surface area (Å²) in [6.45, 7) is 4.08. The fraction of sp³-hybridized carbons (Fsp3) is 0.556. The van der Waals surface area contributed by atoms with Gasteiger partial charge in [0.1, 0.15) is 22.4 Å². The molecular weight excluding hydrogens is 260 g/mol. The Kier molecular flexibility index (Phi) is 3.87. The van der Waals surface area contributed by atoms with Gasteiger partial charge in [0.25, 0.3) is 0 Å². The van der Waals surface area contributed by atoms with Crippen LogP contribution in [0.3, 0.4) is 0 Å². The highest BCUT2D eigenvalue weighted by atomic mass is 79.9. The molecule has 1 rings (SSSR count). The molecule has 5 nitrogen and oxygen atoms in total. The van der Waals surface area contributed by atoms with Crippen LogP contribution in [0.1, 0.15) is 20.3 Å². The maximum absolute atomic E-state index is 8.89. The number of halogens is 1. The quantitative estimate of drug-likeness (QED) is 0.773. The summed E-state index contributed by atoms with van der Waals surface area (Å²) in [7, 11) is 0. The Morgan fingerprint density at radius 3 is 2.80 bits per heavy atom. The molecule has 0 atom stereocenters. The van der Waals surface area contributed by atoms with Crippen molar-refractivity contribution in [3.05, 3.63) is 10.8 Å². The van der Waals surface area contributed by atoms with Crippen molar-refractivity contribution in [2.75, 3.05) is 17.7 Å². The second-order valence-corrected chi connectivity index (χ2v) is 4.70. The molecule has 84 valence electrons. The zero-order valence-electron chi connectivity index (χ0n) is 8.79.